The van der Waals surface area contributed by atoms with Crippen LogP contribution in [0.2, 0.25) is 0 Å². The maximum Gasteiger partial charge on any atom is 0.221 e. The molecule has 30 heavy (non-hydrogen) atoms. The van der Waals surface area contributed by atoms with Crippen LogP contribution in [0.1, 0.15) is 35.1 Å². The number of thioether (sulfide) groups is 1. The Morgan fingerprint density at radius 2 is 1.40 bits per heavy atom. The van der Waals surface area contributed by atoms with Gasteiger partial charge in [0.25, 0.3) is 0 Å². The molecule has 3 aromatic rings. The highest BCUT2D eigenvalue weighted by molar-refractivity contribution is 7.98. The van der Waals surface area contributed by atoms with Crippen molar-refractivity contribution in [1.29, 1.82) is 0 Å². The number of carbonyl (C=O) groups is 1. The molecule has 3 N–H and O–H groups in total. The fourth-order valence-corrected chi connectivity index (χ4v) is 3.92. The second kappa shape index (κ2) is 11.0. The lowest BCUT2D eigenvalue weighted by Gasteiger charge is -2.24. The summed E-state index contributed by atoms with van der Waals surface area (Å²) >= 11 is 1.62. The van der Waals surface area contributed by atoms with Crippen LogP contribution in [0.25, 0.3) is 0 Å². The van der Waals surface area contributed by atoms with E-state index in [9.17, 15) is 15.0 Å². The van der Waals surface area contributed by atoms with Gasteiger partial charge in [-0.3, -0.25) is 4.79 Å². The molecule has 0 heterocycles. The Labute approximate surface area is 182 Å². The summed E-state index contributed by atoms with van der Waals surface area (Å²) in [5, 5.41) is 23.3. The molecule has 0 fully saturated rings. The second-order valence-electron chi connectivity index (χ2n) is 7.15. The third kappa shape index (κ3) is 5.72. The average Bonchev–Trinajstić information content (AvgIpc) is 2.81. The van der Waals surface area contributed by atoms with Crippen LogP contribution in [0.3, 0.4) is 0 Å². The Morgan fingerprint density at radius 3 is 1.87 bits per heavy atom. The van der Waals surface area contributed by atoms with Gasteiger partial charge < -0.3 is 15.5 Å². The lowest BCUT2D eigenvalue weighted by Crippen LogP contribution is -2.42. The standard InChI is InChI=1S/C25H27NO3S/c1-30-21-14-12-20(13-15-21)25(29)23(17-27)26-24(28)16-22(18-8-4-2-5-9-18)19-10-6-3-7-11-19/h2-15,22-23,25,27,29H,16-17H2,1H3,(H,26,28)/t23-,25-/m1/s1. The maximum atomic E-state index is 12.9. The smallest absolute Gasteiger partial charge is 0.221 e. The van der Waals surface area contributed by atoms with E-state index in [1.165, 1.54) is 0 Å². The molecule has 3 rings (SSSR count). The van der Waals surface area contributed by atoms with E-state index in [1.807, 2.05) is 91.2 Å². The fraction of sp³-hybridized carbons (Fsp3) is 0.240. The van der Waals surface area contributed by atoms with Gasteiger partial charge in [-0.05, 0) is 35.1 Å². The highest BCUT2D eigenvalue weighted by Gasteiger charge is 2.25. The highest BCUT2D eigenvalue weighted by atomic mass is 32.2. The SMILES string of the molecule is CSc1ccc([C@@H](O)[C@@H](CO)NC(=O)CC(c2ccccc2)c2ccccc2)cc1. The number of rotatable bonds is 9. The molecule has 0 aliphatic rings. The summed E-state index contributed by atoms with van der Waals surface area (Å²) in [5.41, 5.74) is 2.76. The van der Waals surface area contributed by atoms with Crippen molar-refractivity contribution in [1.82, 2.24) is 5.32 Å². The van der Waals surface area contributed by atoms with Crippen LogP contribution in [0, 0.1) is 0 Å². The molecular weight excluding hydrogens is 394 g/mol. The van der Waals surface area contributed by atoms with E-state index in [1.54, 1.807) is 11.8 Å². The Morgan fingerprint density at radius 1 is 0.867 bits per heavy atom. The van der Waals surface area contributed by atoms with Crippen molar-refractivity contribution in [2.24, 2.45) is 0 Å². The molecule has 156 valence electrons. The Balaban J connectivity index is 1.73. The lowest BCUT2D eigenvalue weighted by atomic mass is 9.88. The van der Waals surface area contributed by atoms with E-state index in [0.29, 0.717) is 5.56 Å². The zero-order valence-electron chi connectivity index (χ0n) is 16.9. The third-order valence-corrected chi connectivity index (χ3v) is 5.92. The molecule has 2 atom stereocenters. The zero-order chi connectivity index (χ0) is 21.3. The molecular formula is C25H27NO3S. The quantitative estimate of drug-likeness (QED) is 0.454. The van der Waals surface area contributed by atoms with Gasteiger partial charge in [0.2, 0.25) is 5.91 Å². The summed E-state index contributed by atoms with van der Waals surface area (Å²) in [5.74, 6) is -0.323. The zero-order valence-corrected chi connectivity index (χ0v) is 17.8. The average molecular weight is 422 g/mol. The maximum absolute atomic E-state index is 12.9. The van der Waals surface area contributed by atoms with Crippen molar-refractivity contribution in [2.45, 2.75) is 29.4 Å². The van der Waals surface area contributed by atoms with Crippen LogP contribution in [0.5, 0.6) is 0 Å². The van der Waals surface area contributed by atoms with Crippen molar-refractivity contribution in [3.63, 3.8) is 0 Å². The molecule has 5 heteroatoms. The van der Waals surface area contributed by atoms with Gasteiger partial charge in [-0.2, -0.15) is 0 Å². The molecule has 0 unspecified atom stereocenters. The van der Waals surface area contributed by atoms with Gasteiger partial charge in [0.15, 0.2) is 0 Å². The third-order valence-electron chi connectivity index (χ3n) is 5.17. The van der Waals surface area contributed by atoms with Crippen molar-refractivity contribution in [2.75, 3.05) is 12.9 Å². The van der Waals surface area contributed by atoms with Gasteiger partial charge in [0.1, 0.15) is 6.10 Å². The van der Waals surface area contributed by atoms with E-state index in [0.717, 1.165) is 16.0 Å². The van der Waals surface area contributed by atoms with Crippen LogP contribution in [-0.2, 0) is 4.79 Å². The molecule has 1 amide bonds. The van der Waals surface area contributed by atoms with Crippen molar-refractivity contribution in [3.8, 4) is 0 Å². The predicted molar refractivity (Wildman–Crippen MR) is 122 cm³/mol. The molecule has 0 aromatic heterocycles. The number of hydrogen-bond donors (Lipinski definition) is 3. The van der Waals surface area contributed by atoms with Crippen LogP contribution in [-0.4, -0.2) is 35.0 Å². The predicted octanol–water partition coefficient (Wildman–Crippen LogP) is 4.14. The Kier molecular flexibility index (Phi) is 8.08. The number of nitrogens with one attached hydrogen (secondary N) is 1. The summed E-state index contributed by atoms with van der Waals surface area (Å²) in [6, 6.07) is 26.5. The first-order valence-electron chi connectivity index (χ1n) is 9.94. The van der Waals surface area contributed by atoms with E-state index in [-0.39, 0.29) is 24.9 Å². The molecule has 0 spiro atoms. The Bertz CT molecular complexity index is 877. The molecule has 0 saturated carbocycles. The Hall–Kier alpha value is -2.60. The monoisotopic (exact) mass is 421 g/mol. The second-order valence-corrected chi connectivity index (χ2v) is 8.03. The number of aliphatic hydroxyl groups excluding tert-OH is 2. The van der Waals surface area contributed by atoms with Gasteiger partial charge in [0, 0.05) is 17.2 Å². The van der Waals surface area contributed by atoms with E-state index >= 15 is 0 Å². The van der Waals surface area contributed by atoms with Crippen LogP contribution < -0.4 is 5.32 Å². The number of amides is 1. The largest absolute Gasteiger partial charge is 0.394 e. The van der Waals surface area contributed by atoms with Crippen LogP contribution in [0.15, 0.2) is 89.8 Å². The minimum Gasteiger partial charge on any atom is -0.394 e. The van der Waals surface area contributed by atoms with Gasteiger partial charge in [-0.1, -0.05) is 72.8 Å². The first-order chi connectivity index (χ1) is 14.6. The van der Waals surface area contributed by atoms with E-state index in [4.69, 9.17) is 0 Å². The molecule has 4 nitrogen and oxygen atoms in total. The first-order valence-corrected chi connectivity index (χ1v) is 11.2. The highest BCUT2D eigenvalue weighted by Crippen LogP contribution is 2.28. The fourth-order valence-electron chi connectivity index (χ4n) is 3.51. The molecule has 0 saturated heterocycles. The number of benzene rings is 3. The summed E-state index contributed by atoms with van der Waals surface area (Å²) in [6.45, 7) is -0.349. The lowest BCUT2D eigenvalue weighted by molar-refractivity contribution is -0.123. The summed E-state index contributed by atoms with van der Waals surface area (Å²) < 4.78 is 0. The van der Waals surface area contributed by atoms with Crippen molar-refractivity contribution in [3.05, 3.63) is 102 Å². The summed E-state index contributed by atoms with van der Waals surface area (Å²) in [7, 11) is 0. The number of aliphatic hydroxyl groups is 2. The summed E-state index contributed by atoms with van der Waals surface area (Å²) in [6.07, 6.45) is 1.22. The number of hydrogen-bond acceptors (Lipinski definition) is 4. The minimum absolute atomic E-state index is 0.107. The molecule has 0 aliphatic carbocycles. The minimum atomic E-state index is -0.984. The van der Waals surface area contributed by atoms with Crippen LogP contribution in [0.4, 0.5) is 0 Å². The van der Waals surface area contributed by atoms with Crippen LogP contribution >= 0.6 is 11.8 Å². The van der Waals surface area contributed by atoms with Crippen molar-refractivity contribution < 1.29 is 15.0 Å². The van der Waals surface area contributed by atoms with E-state index in [2.05, 4.69) is 5.32 Å². The van der Waals surface area contributed by atoms with Crippen molar-refractivity contribution >= 4 is 17.7 Å². The van der Waals surface area contributed by atoms with Gasteiger partial charge >= 0.3 is 0 Å². The molecule has 0 bridgehead atoms. The van der Waals surface area contributed by atoms with Gasteiger partial charge in [-0.25, -0.2) is 0 Å². The topological polar surface area (TPSA) is 69.6 Å². The molecule has 0 aliphatic heterocycles. The van der Waals surface area contributed by atoms with Gasteiger partial charge in [0.05, 0.1) is 12.6 Å². The molecule has 0 radical (unpaired) electrons. The summed E-state index contributed by atoms with van der Waals surface area (Å²) in [4.78, 5) is 14.0. The molecule has 3 aromatic carbocycles. The van der Waals surface area contributed by atoms with E-state index < -0.39 is 12.1 Å². The first kappa shape index (κ1) is 22.1. The normalized spacial score (nSPS) is 13.1. The number of carbonyl (C=O) groups excluding carboxylic acids is 1. The van der Waals surface area contributed by atoms with Gasteiger partial charge in [-0.15, -0.1) is 11.8 Å².